The lowest BCUT2D eigenvalue weighted by atomic mass is 9.93. The summed E-state index contributed by atoms with van der Waals surface area (Å²) in [6, 6.07) is 0.152. The Hall–Kier alpha value is -1.68. The molecule has 0 aromatic rings. The highest BCUT2D eigenvalue weighted by molar-refractivity contribution is 6.08. The Labute approximate surface area is 81.1 Å². The number of nitrogens with zero attached hydrogens (tertiary/aromatic N) is 1. The van der Waals surface area contributed by atoms with E-state index in [1.54, 1.807) is 6.21 Å². The molecule has 3 rings (SSSR count). The maximum atomic E-state index is 11.4. The Balaban J connectivity index is 2.09. The second-order valence-electron chi connectivity index (χ2n) is 3.42. The molecule has 0 radical (unpaired) electrons. The van der Waals surface area contributed by atoms with E-state index in [1.807, 2.05) is 18.2 Å². The van der Waals surface area contributed by atoms with Crippen molar-refractivity contribution in [2.75, 3.05) is 6.67 Å². The SMILES string of the molecule is O=C1N=CC=C2C=C3NCNC3C=C12. The fourth-order valence-electron chi connectivity index (χ4n) is 1.87. The quantitative estimate of drug-likeness (QED) is 0.555. The zero-order valence-corrected chi connectivity index (χ0v) is 7.45. The molecule has 3 aliphatic rings. The number of amides is 1. The third kappa shape index (κ3) is 0.975. The van der Waals surface area contributed by atoms with E-state index in [1.165, 1.54) is 0 Å². The molecule has 1 unspecified atom stereocenters. The minimum Gasteiger partial charge on any atom is -0.374 e. The molecule has 70 valence electrons. The van der Waals surface area contributed by atoms with Gasteiger partial charge < -0.3 is 5.32 Å². The van der Waals surface area contributed by atoms with E-state index < -0.39 is 0 Å². The summed E-state index contributed by atoms with van der Waals surface area (Å²) in [7, 11) is 0. The number of allylic oxidation sites excluding steroid dienone is 2. The molecule has 0 spiro atoms. The molecule has 1 amide bonds. The summed E-state index contributed by atoms with van der Waals surface area (Å²) >= 11 is 0. The van der Waals surface area contributed by atoms with Crippen molar-refractivity contribution in [3.8, 4) is 0 Å². The Bertz CT molecular complexity index is 429. The van der Waals surface area contributed by atoms with Crippen LogP contribution in [0.4, 0.5) is 0 Å². The van der Waals surface area contributed by atoms with Crippen LogP contribution in [-0.2, 0) is 4.79 Å². The highest BCUT2D eigenvalue weighted by Crippen LogP contribution is 2.25. The first-order chi connectivity index (χ1) is 6.84. The minimum atomic E-state index is -0.147. The third-order valence-corrected chi connectivity index (χ3v) is 2.58. The van der Waals surface area contributed by atoms with Gasteiger partial charge in [-0.25, -0.2) is 4.99 Å². The topological polar surface area (TPSA) is 53.5 Å². The molecular formula is C10H9N3O. The van der Waals surface area contributed by atoms with Crippen molar-refractivity contribution in [1.82, 2.24) is 10.6 Å². The predicted octanol–water partition coefficient (Wildman–Crippen LogP) is -0.133. The van der Waals surface area contributed by atoms with Gasteiger partial charge in [0.2, 0.25) is 0 Å². The van der Waals surface area contributed by atoms with Gasteiger partial charge in [-0.1, -0.05) is 0 Å². The summed E-state index contributed by atoms with van der Waals surface area (Å²) in [6.45, 7) is 0.753. The number of fused-ring (bicyclic) bond motifs is 2. The van der Waals surface area contributed by atoms with Crippen molar-refractivity contribution in [3.63, 3.8) is 0 Å². The van der Waals surface area contributed by atoms with Crippen molar-refractivity contribution in [2.24, 2.45) is 4.99 Å². The smallest absolute Gasteiger partial charge is 0.277 e. The lowest BCUT2D eigenvalue weighted by Gasteiger charge is -2.18. The maximum absolute atomic E-state index is 11.4. The van der Waals surface area contributed by atoms with Gasteiger partial charge >= 0.3 is 0 Å². The normalized spacial score (nSPS) is 28.4. The molecule has 4 nitrogen and oxygen atoms in total. The van der Waals surface area contributed by atoms with Crippen molar-refractivity contribution in [3.05, 3.63) is 35.1 Å². The van der Waals surface area contributed by atoms with E-state index in [2.05, 4.69) is 15.6 Å². The highest BCUT2D eigenvalue weighted by atomic mass is 16.1. The van der Waals surface area contributed by atoms with E-state index in [-0.39, 0.29) is 11.9 Å². The van der Waals surface area contributed by atoms with Gasteiger partial charge in [0.1, 0.15) is 0 Å². The van der Waals surface area contributed by atoms with Crippen LogP contribution < -0.4 is 10.6 Å². The number of carbonyl (C=O) groups is 1. The summed E-state index contributed by atoms with van der Waals surface area (Å²) in [5.41, 5.74) is 2.79. The van der Waals surface area contributed by atoms with Crippen LogP contribution in [-0.4, -0.2) is 24.8 Å². The average molecular weight is 187 g/mol. The first-order valence-electron chi connectivity index (χ1n) is 4.54. The van der Waals surface area contributed by atoms with Crippen LogP contribution in [0.3, 0.4) is 0 Å². The van der Waals surface area contributed by atoms with Gasteiger partial charge in [-0.3, -0.25) is 10.1 Å². The Kier molecular flexibility index (Phi) is 1.46. The lowest BCUT2D eigenvalue weighted by molar-refractivity contribution is -0.114. The molecule has 1 saturated heterocycles. The fourth-order valence-corrected chi connectivity index (χ4v) is 1.87. The number of nitrogens with one attached hydrogen (secondary N) is 2. The average Bonchev–Trinajstić information content (AvgIpc) is 2.62. The second kappa shape index (κ2) is 2.65. The molecule has 2 N–H and O–H groups in total. The molecule has 2 aliphatic heterocycles. The molecule has 14 heavy (non-hydrogen) atoms. The summed E-state index contributed by atoms with van der Waals surface area (Å²) in [6.07, 6.45) is 7.34. The van der Waals surface area contributed by atoms with E-state index in [9.17, 15) is 4.79 Å². The van der Waals surface area contributed by atoms with Crippen LogP contribution in [0.2, 0.25) is 0 Å². The van der Waals surface area contributed by atoms with Crippen LogP contribution in [0, 0.1) is 0 Å². The number of carbonyl (C=O) groups excluding carboxylic acids is 1. The monoisotopic (exact) mass is 187 g/mol. The van der Waals surface area contributed by atoms with Gasteiger partial charge in [-0.05, 0) is 23.8 Å². The fraction of sp³-hybridized carbons (Fsp3) is 0.200. The van der Waals surface area contributed by atoms with E-state index in [0.29, 0.717) is 5.57 Å². The van der Waals surface area contributed by atoms with Crippen LogP contribution >= 0.6 is 0 Å². The maximum Gasteiger partial charge on any atom is 0.277 e. The largest absolute Gasteiger partial charge is 0.374 e. The minimum absolute atomic E-state index is 0.147. The van der Waals surface area contributed by atoms with Crippen LogP contribution in [0.15, 0.2) is 40.1 Å². The summed E-state index contributed by atoms with van der Waals surface area (Å²) in [5.74, 6) is -0.147. The number of dihydropyridines is 1. The molecule has 0 saturated carbocycles. The molecule has 2 heterocycles. The molecule has 0 bridgehead atoms. The van der Waals surface area contributed by atoms with Crippen molar-refractivity contribution in [2.45, 2.75) is 6.04 Å². The molecule has 4 heteroatoms. The molecule has 1 aliphatic carbocycles. The van der Waals surface area contributed by atoms with Gasteiger partial charge in [-0.15, -0.1) is 0 Å². The van der Waals surface area contributed by atoms with Gasteiger partial charge in [0, 0.05) is 17.5 Å². The zero-order valence-electron chi connectivity index (χ0n) is 7.45. The predicted molar refractivity (Wildman–Crippen MR) is 52.7 cm³/mol. The molecule has 1 atom stereocenters. The van der Waals surface area contributed by atoms with Gasteiger partial charge in [0.05, 0.1) is 12.7 Å². The Morgan fingerprint density at radius 3 is 3.36 bits per heavy atom. The number of hydrogen-bond donors (Lipinski definition) is 2. The zero-order chi connectivity index (χ0) is 9.54. The number of rotatable bonds is 0. The van der Waals surface area contributed by atoms with Gasteiger partial charge in [-0.2, -0.15) is 0 Å². The van der Waals surface area contributed by atoms with Gasteiger partial charge in [0.25, 0.3) is 5.91 Å². The lowest BCUT2D eigenvalue weighted by Crippen LogP contribution is -2.24. The van der Waals surface area contributed by atoms with Crippen LogP contribution in [0.25, 0.3) is 0 Å². The molecule has 0 aromatic carbocycles. The van der Waals surface area contributed by atoms with Crippen molar-refractivity contribution in [1.29, 1.82) is 0 Å². The Morgan fingerprint density at radius 1 is 1.50 bits per heavy atom. The first kappa shape index (κ1) is 7.70. The Morgan fingerprint density at radius 2 is 2.43 bits per heavy atom. The second-order valence-corrected chi connectivity index (χ2v) is 3.42. The molecule has 0 aromatic heterocycles. The van der Waals surface area contributed by atoms with Crippen LogP contribution in [0.1, 0.15) is 0 Å². The standard InChI is InChI=1S/C10H9N3O/c14-10-7-4-9-8(12-5-13-9)3-6(7)1-2-11-10/h1-4,9,12-13H,5H2. The van der Waals surface area contributed by atoms with Crippen molar-refractivity contribution >= 4 is 12.1 Å². The van der Waals surface area contributed by atoms with E-state index in [0.717, 1.165) is 17.9 Å². The van der Waals surface area contributed by atoms with Gasteiger partial charge in [0.15, 0.2) is 0 Å². The van der Waals surface area contributed by atoms with E-state index in [4.69, 9.17) is 0 Å². The van der Waals surface area contributed by atoms with E-state index >= 15 is 0 Å². The van der Waals surface area contributed by atoms with Crippen LogP contribution in [0.5, 0.6) is 0 Å². The van der Waals surface area contributed by atoms with Crippen molar-refractivity contribution < 1.29 is 4.79 Å². The highest BCUT2D eigenvalue weighted by Gasteiger charge is 2.27. The summed E-state index contributed by atoms with van der Waals surface area (Å²) < 4.78 is 0. The molecular weight excluding hydrogens is 178 g/mol. The summed E-state index contributed by atoms with van der Waals surface area (Å²) in [5, 5.41) is 6.44. The molecule has 1 fully saturated rings. The first-order valence-corrected chi connectivity index (χ1v) is 4.54. The number of hydrogen-bond acceptors (Lipinski definition) is 3. The number of aliphatic imine (C=N–C) groups is 1. The summed E-state index contributed by atoms with van der Waals surface area (Å²) in [4.78, 5) is 15.2. The third-order valence-electron chi connectivity index (χ3n) is 2.58.